The maximum absolute atomic E-state index is 14.1. The van der Waals surface area contributed by atoms with Crippen molar-refractivity contribution in [3.8, 4) is 0 Å². The van der Waals surface area contributed by atoms with Crippen LogP contribution in [0, 0.1) is 0 Å². The zero-order valence-electron chi connectivity index (χ0n) is 14.2. The van der Waals surface area contributed by atoms with Crippen LogP contribution in [0.3, 0.4) is 0 Å². The molecule has 2 fully saturated rings. The van der Waals surface area contributed by atoms with E-state index >= 15 is 0 Å². The van der Waals surface area contributed by atoms with Crippen LogP contribution in [0.15, 0.2) is 0 Å². The van der Waals surface area contributed by atoms with E-state index in [1.165, 1.54) is 25.7 Å². The largest absolute Gasteiger partial charge is 0.347 e. The molecular weight excluding hydrogens is 479 g/mol. The number of alkyl halides is 9. The lowest BCUT2D eigenvalue weighted by molar-refractivity contribution is -0.268. The third-order valence-corrected chi connectivity index (χ3v) is 12.7. The van der Waals surface area contributed by atoms with Gasteiger partial charge in [0.25, 0.3) is 0 Å². The lowest BCUT2D eigenvalue weighted by Crippen LogP contribution is -2.58. The molecule has 0 bridgehead atoms. The minimum atomic E-state index is -4.69. The Bertz CT molecular complexity index is 419. The van der Waals surface area contributed by atoms with Crippen LogP contribution in [0.5, 0.6) is 0 Å². The maximum atomic E-state index is 14.1. The molecule has 2 aliphatic carbocycles. The lowest BCUT2D eigenvalue weighted by Gasteiger charge is -2.45. The molecule has 0 heterocycles. The van der Waals surface area contributed by atoms with Crippen LogP contribution in [0.1, 0.15) is 44.9 Å². The summed E-state index contributed by atoms with van der Waals surface area (Å²) in [6, 6.07) is 0. The van der Waals surface area contributed by atoms with E-state index < -0.39 is 49.3 Å². The first-order valence-electron chi connectivity index (χ1n) is 8.28. The van der Waals surface area contributed by atoms with Gasteiger partial charge in [0.15, 0.2) is 0 Å². The van der Waals surface area contributed by atoms with Gasteiger partial charge in [-0.15, -0.1) is 46.4 Å². The fourth-order valence-corrected chi connectivity index (χ4v) is 10.1. The summed E-state index contributed by atoms with van der Waals surface area (Å²) in [6.45, 7) is 0. The molecule has 11 heteroatoms. The van der Waals surface area contributed by atoms with Gasteiger partial charge in [0.2, 0.25) is 5.41 Å². The second-order valence-electron chi connectivity index (χ2n) is 6.44. The normalized spacial score (nSPS) is 28.3. The van der Waals surface area contributed by atoms with Gasteiger partial charge in [0.05, 0.1) is 0 Å². The summed E-state index contributed by atoms with van der Waals surface area (Å²) in [5.74, 6) is -9.01. The van der Waals surface area contributed by atoms with Crippen LogP contribution >= 0.6 is 62.2 Å². The highest BCUT2D eigenvalue weighted by Crippen LogP contribution is 2.67. The maximum Gasteiger partial charge on any atom is 0.347 e. The molecule has 0 aromatic carbocycles. The average molecular weight is 502 g/mol. The first-order chi connectivity index (χ1) is 12.1. The third-order valence-electron chi connectivity index (χ3n) is 4.88. The van der Waals surface area contributed by atoms with Gasteiger partial charge in [-0.05, 0) is 39.3 Å². The highest BCUT2D eigenvalue weighted by atomic mass is 35.5. The molecule has 26 heavy (non-hydrogen) atoms. The van der Waals surface area contributed by atoms with Gasteiger partial charge in [-0.1, -0.05) is 20.8 Å². The summed E-state index contributed by atoms with van der Waals surface area (Å²) in [7, 11) is -2.20. The van der Waals surface area contributed by atoms with Crippen LogP contribution in [0.25, 0.3) is 0 Å². The molecule has 0 amide bonds. The Morgan fingerprint density at radius 3 is 1.65 bits per heavy atom. The van der Waals surface area contributed by atoms with E-state index in [2.05, 4.69) is 0 Å². The van der Waals surface area contributed by atoms with Crippen LogP contribution in [-0.4, -0.2) is 45.4 Å². The van der Waals surface area contributed by atoms with Crippen LogP contribution in [0.4, 0.5) is 22.0 Å². The van der Waals surface area contributed by atoms with Crippen molar-refractivity contribution in [1.29, 1.82) is 0 Å². The summed E-state index contributed by atoms with van der Waals surface area (Å²) in [5.41, 5.74) is 1.62. The van der Waals surface area contributed by atoms with Crippen molar-refractivity contribution in [2.24, 2.45) is 0 Å². The molecule has 0 saturated heterocycles. The Labute approximate surface area is 174 Å². The molecule has 156 valence electrons. The smallest absolute Gasteiger partial charge is 0.232 e. The Morgan fingerprint density at radius 2 is 1.23 bits per heavy atom. The lowest BCUT2D eigenvalue weighted by atomic mass is 9.90. The topological polar surface area (TPSA) is 0 Å². The van der Waals surface area contributed by atoms with Crippen LogP contribution in [0.2, 0.25) is 0 Å². The molecule has 0 aliphatic heterocycles. The van der Waals surface area contributed by atoms with Crippen molar-refractivity contribution in [3.05, 3.63) is 0 Å². The van der Waals surface area contributed by atoms with Gasteiger partial charge in [-0.25, -0.2) is 4.39 Å². The highest BCUT2D eigenvalue weighted by molar-refractivity contribution is 7.62. The van der Waals surface area contributed by atoms with Gasteiger partial charge < -0.3 is 0 Å². The van der Waals surface area contributed by atoms with E-state index in [-0.39, 0.29) is 14.3 Å². The molecule has 0 N–H and O–H groups in total. The van der Waals surface area contributed by atoms with Gasteiger partial charge in [0, 0.05) is 28.9 Å². The SMILES string of the molecule is ClCP(CCl)C1CCCC1.FC1(F)CCCC(F)(P(CCl)CCl)C1(F)F. The summed E-state index contributed by atoms with van der Waals surface area (Å²) >= 11 is 22.3. The molecule has 0 spiro atoms. The molecule has 2 saturated carbocycles. The molecule has 0 nitrogen and oxygen atoms in total. The Balaban J connectivity index is 0.000000289. The van der Waals surface area contributed by atoms with Crippen molar-refractivity contribution in [2.45, 2.75) is 67.9 Å². The van der Waals surface area contributed by atoms with Crippen molar-refractivity contribution in [2.75, 3.05) is 22.5 Å². The molecule has 0 aromatic heterocycles. The summed E-state index contributed by atoms with van der Waals surface area (Å²) in [5, 5.41) is -3.26. The highest BCUT2D eigenvalue weighted by Gasteiger charge is 2.73. The number of hydrogen-bond donors (Lipinski definition) is 0. The van der Waals surface area contributed by atoms with Crippen molar-refractivity contribution in [1.82, 2.24) is 0 Å². The second-order valence-corrected chi connectivity index (χ2v) is 14.0. The molecule has 1 unspecified atom stereocenters. The molecule has 1 atom stereocenters. The number of rotatable bonds is 6. The number of hydrogen-bond acceptors (Lipinski definition) is 0. The van der Waals surface area contributed by atoms with Crippen molar-refractivity contribution < 1.29 is 22.0 Å². The van der Waals surface area contributed by atoms with Crippen molar-refractivity contribution >= 4 is 62.2 Å². The van der Waals surface area contributed by atoms with E-state index in [1.54, 1.807) is 0 Å². The van der Waals surface area contributed by atoms with Crippen LogP contribution < -0.4 is 0 Å². The summed E-state index contributed by atoms with van der Waals surface area (Å²) in [6.07, 6.45) is 3.66. The van der Waals surface area contributed by atoms with Gasteiger partial charge in [0.1, 0.15) is 0 Å². The summed E-state index contributed by atoms with van der Waals surface area (Å²) < 4.78 is 67.1. The van der Waals surface area contributed by atoms with E-state index in [0.717, 1.165) is 16.9 Å². The van der Waals surface area contributed by atoms with Crippen LogP contribution in [-0.2, 0) is 0 Å². The molecule has 0 aromatic rings. The molecular formula is C15H23Cl4F5P2. The van der Waals surface area contributed by atoms with E-state index in [9.17, 15) is 22.0 Å². The average Bonchev–Trinajstić information content (AvgIpc) is 3.10. The molecule has 0 radical (unpaired) electrons. The van der Waals surface area contributed by atoms with Crippen molar-refractivity contribution in [3.63, 3.8) is 0 Å². The predicted octanol–water partition coefficient (Wildman–Crippen LogP) is 8.78. The minimum Gasteiger partial charge on any atom is -0.232 e. The van der Waals surface area contributed by atoms with E-state index in [0.29, 0.717) is 0 Å². The second kappa shape index (κ2) is 11.2. The first-order valence-corrected chi connectivity index (χ1v) is 13.9. The number of halogens is 9. The van der Waals surface area contributed by atoms with Gasteiger partial charge >= 0.3 is 11.8 Å². The Morgan fingerprint density at radius 1 is 0.731 bits per heavy atom. The quantitative estimate of drug-likeness (QED) is 0.194. The first kappa shape index (κ1) is 25.7. The zero-order chi connectivity index (χ0) is 20.0. The Kier molecular flexibility index (Phi) is 11.0. The van der Waals surface area contributed by atoms with E-state index in [4.69, 9.17) is 46.4 Å². The molecule has 2 aliphatic rings. The monoisotopic (exact) mass is 500 g/mol. The zero-order valence-corrected chi connectivity index (χ0v) is 19.0. The minimum absolute atomic E-state index is 0.0265. The van der Waals surface area contributed by atoms with Gasteiger partial charge in [-0.3, -0.25) is 0 Å². The Hall–Kier alpha value is 1.67. The fourth-order valence-electron chi connectivity index (χ4n) is 3.21. The predicted molar refractivity (Wildman–Crippen MR) is 107 cm³/mol. The standard InChI is InChI=1S/C8H10Cl2F5P.C7H13Cl2P/c9-4-16(5-10)7(13)3-1-2-6(11,12)8(7,14)15;8-5-10(6-9)7-3-1-2-4-7/h1-5H2;7H,1-6H2. The summed E-state index contributed by atoms with van der Waals surface area (Å²) in [4.78, 5) is 0. The molecule has 2 rings (SSSR count). The third kappa shape index (κ3) is 5.63. The van der Waals surface area contributed by atoms with Gasteiger partial charge in [-0.2, -0.15) is 17.6 Å². The fraction of sp³-hybridized carbons (Fsp3) is 1.00. The van der Waals surface area contributed by atoms with E-state index in [1.807, 2.05) is 0 Å².